The molecule has 0 aromatic rings. The van der Waals surface area contributed by atoms with Crippen LogP contribution in [0.1, 0.15) is 26.2 Å². The van der Waals surface area contributed by atoms with Gasteiger partial charge in [0.25, 0.3) is 0 Å². The Kier molecular flexibility index (Phi) is 4.53. The minimum Gasteiger partial charge on any atom is -0.341 e. The van der Waals surface area contributed by atoms with E-state index in [-0.39, 0.29) is 6.04 Å². The molecule has 0 aliphatic carbocycles. The van der Waals surface area contributed by atoms with E-state index < -0.39 is 0 Å². The summed E-state index contributed by atoms with van der Waals surface area (Å²) in [6.45, 7) is 4.88. The largest absolute Gasteiger partial charge is 0.341 e. The standard InChI is InChI=1S/C12H22N2OS/c1-10-12(15)14(6-3-5-13-10)8-11-4-2-7-16-9-11/h10-11,13H,2-9H2,1H3. The van der Waals surface area contributed by atoms with E-state index >= 15 is 0 Å². The Morgan fingerprint density at radius 3 is 3.12 bits per heavy atom. The number of nitrogens with one attached hydrogen (secondary N) is 1. The highest BCUT2D eigenvalue weighted by atomic mass is 32.2. The molecular formula is C12H22N2OS. The Bertz CT molecular complexity index is 241. The molecule has 0 saturated carbocycles. The molecule has 4 heteroatoms. The number of hydrogen-bond donors (Lipinski definition) is 1. The van der Waals surface area contributed by atoms with Gasteiger partial charge in [-0.15, -0.1) is 0 Å². The first-order valence-electron chi connectivity index (χ1n) is 6.37. The number of hydrogen-bond acceptors (Lipinski definition) is 3. The lowest BCUT2D eigenvalue weighted by molar-refractivity contribution is -0.132. The fourth-order valence-electron chi connectivity index (χ4n) is 2.50. The van der Waals surface area contributed by atoms with Crippen LogP contribution in [0.4, 0.5) is 0 Å². The number of amides is 1. The van der Waals surface area contributed by atoms with Crippen molar-refractivity contribution in [3.8, 4) is 0 Å². The minimum absolute atomic E-state index is 0.0127. The van der Waals surface area contributed by atoms with Crippen molar-refractivity contribution in [2.75, 3.05) is 31.1 Å². The lowest BCUT2D eigenvalue weighted by atomic mass is 10.0. The first-order valence-corrected chi connectivity index (χ1v) is 7.53. The summed E-state index contributed by atoms with van der Waals surface area (Å²) in [5.41, 5.74) is 0. The third-order valence-corrected chi connectivity index (χ3v) is 4.76. The first-order chi connectivity index (χ1) is 7.77. The van der Waals surface area contributed by atoms with Gasteiger partial charge in [-0.2, -0.15) is 11.8 Å². The average Bonchev–Trinajstić information content (AvgIpc) is 2.46. The van der Waals surface area contributed by atoms with Crippen LogP contribution in [0.5, 0.6) is 0 Å². The summed E-state index contributed by atoms with van der Waals surface area (Å²) in [5.74, 6) is 3.58. The zero-order valence-electron chi connectivity index (χ0n) is 10.1. The lowest BCUT2D eigenvalue weighted by Gasteiger charge is -2.29. The van der Waals surface area contributed by atoms with E-state index in [4.69, 9.17) is 0 Å². The number of carbonyl (C=O) groups excluding carboxylic acids is 1. The molecule has 2 unspecified atom stereocenters. The van der Waals surface area contributed by atoms with Crippen LogP contribution < -0.4 is 5.32 Å². The van der Waals surface area contributed by atoms with Crippen LogP contribution in [-0.2, 0) is 4.79 Å². The van der Waals surface area contributed by atoms with Gasteiger partial charge in [-0.1, -0.05) is 0 Å². The second kappa shape index (κ2) is 5.92. The van der Waals surface area contributed by atoms with Gasteiger partial charge in [0.1, 0.15) is 0 Å². The molecule has 2 saturated heterocycles. The number of rotatable bonds is 2. The summed E-state index contributed by atoms with van der Waals surface area (Å²) in [5, 5.41) is 3.27. The SMILES string of the molecule is CC1NCCCN(CC2CCCSC2)C1=O. The van der Waals surface area contributed by atoms with Crippen LogP contribution >= 0.6 is 11.8 Å². The minimum atomic E-state index is 0.0127. The highest BCUT2D eigenvalue weighted by Crippen LogP contribution is 2.23. The van der Waals surface area contributed by atoms with Gasteiger partial charge < -0.3 is 10.2 Å². The molecule has 92 valence electrons. The predicted octanol–water partition coefficient (Wildman–Crippen LogP) is 1.34. The summed E-state index contributed by atoms with van der Waals surface area (Å²) < 4.78 is 0. The van der Waals surface area contributed by atoms with Gasteiger partial charge in [-0.25, -0.2) is 0 Å². The summed E-state index contributed by atoms with van der Waals surface area (Å²) in [7, 11) is 0. The molecule has 1 amide bonds. The van der Waals surface area contributed by atoms with Crippen molar-refractivity contribution < 1.29 is 4.79 Å². The van der Waals surface area contributed by atoms with Gasteiger partial charge in [-0.3, -0.25) is 4.79 Å². The van der Waals surface area contributed by atoms with Crippen molar-refractivity contribution in [3.05, 3.63) is 0 Å². The van der Waals surface area contributed by atoms with Crippen LogP contribution in [0.15, 0.2) is 0 Å². The maximum atomic E-state index is 12.1. The molecule has 0 bridgehead atoms. The molecule has 2 heterocycles. The topological polar surface area (TPSA) is 32.3 Å². The van der Waals surface area contributed by atoms with Crippen molar-refractivity contribution in [2.24, 2.45) is 5.92 Å². The van der Waals surface area contributed by atoms with E-state index in [1.54, 1.807) is 0 Å². The first kappa shape index (κ1) is 12.2. The number of carbonyl (C=O) groups is 1. The van der Waals surface area contributed by atoms with Crippen molar-refractivity contribution in [3.63, 3.8) is 0 Å². The normalized spacial score (nSPS) is 32.6. The lowest BCUT2D eigenvalue weighted by Crippen LogP contribution is -2.44. The Balaban J connectivity index is 1.88. The predicted molar refractivity (Wildman–Crippen MR) is 68.7 cm³/mol. The molecule has 2 atom stereocenters. The van der Waals surface area contributed by atoms with Gasteiger partial charge >= 0.3 is 0 Å². The van der Waals surface area contributed by atoms with Crippen LogP contribution in [-0.4, -0.2) is 48.0 Å². The Hall–Kier alpha value is -0.220. The van der Waals surface area contributed by atoms with Crippen LogP contribution in [0.3, 0.4) is 0 Å². The molecule has 0 radical (unpaired) electrons. The van der Waals surface area contributed by atoms with Gasteiger partial charge in [0.05, 0.1) is 6.04 Å². The second-order valence-electron chi connectivity index (χ2n) is 4.90. The van der Waals surface area contributed by atoms with Crippen LogP contribution in [0, 0.1) is 5.92 Å². The summed E-state index contributed by atoms with van der Waals surface area (Å²) >= 11 is 2.05. The van der Waals surface area contributed by atoms with E-state index in [2.05, 4.69) is 10.2 Å². The molecule has 0 aromatic carbocycles. The summed E-state index contributed by atoms with van der Waals surface area (Å²) in [4.78, 5) is 14.2. The van der Waals surface area contributed by atoms with Crippen LogP contribution in [0.25, 0.3) is 0 Å². The Labute approximate surface area is 102 Å². The monoisotopic (exact) mass is 242 g/mol. The average molecular weight is 242 g/mol. The van der Waals surface area contributed by atoms with Crippen molar-refractivity contribution in [2.45, 2.75) is 32.2 Å². The maximum absolute atomic E-state index is 12.1. The Morgan fingerprint density at radius 2 is 2.38 bits per heavy atom. The zero-order valence-corrected chi connectivity index (χ0v) is 10.9. The highest BCUT2D eigenvalue weighted by Gasteiger charge is 2.25. The molecule has 2 aliphatic heterocycles. The zero-order chi connectivity index (χ0) is 11.4. The second-order valence-corrected chi connectivity index (χ2v) is 6.05. The molecular weight excluding hydrogens is 220 g/mol. The van der Waals surface area contributed by atoms with E-state index in [1.165, 1.54) is 24.3 Å². The highest BCUT2D eigenvalue weighted by molar-refractivity contribution is 7.99. The number of nitrogens with zero attached hydrogens (tertiary/aromatic N) is 1. The molecule has 2 rings (SSSR count). The number of thioether (sulfide) groups is 1. The molecule has 2 aliphatic rings. The fourth-order valence-corrected chi connectivity index (χ4v) is 3.65. The third-order valence-electron chi connectivity index (χ3n) is 3.47. The van der Waals surface area contributed by atoms with Crippen molar-refractivity contribution in [1.82, 2.24) is 10.2 Å². The van der Waals surface area contributed by atoms with Gasteiger partial charge in [0.2, 0.25) is 5.91 Å². The molecule has 0 aromatic heterocycles. The van der Waals surface area contributed by atoms with Gasteiger partial charge in [-0.05, 0) is 50.2 Å². The van der Waals surface area contributed by atoms with E-state index in [1.807, 2.05) is 18.7 Å². The molecule has 1 N–H and O–H groups in total. The van der Waals surface area contributed by atoms with Crippen molar-refractivity contribution >= 4 is 17.7 Å². The molecule has 2 fully saturated rings. The molecule has 16 heavy (non-hydrogen) atoms. The van der Waals surface area contributed by atoms with Crippen LogP contribution in [0.2, 0.25) is 0 Å². The van der Waals surface area contributed by atoms with E-state index in [9.17, 15) is 4.79 Å². The third kappa shape index (κ3) is 3.14. The quantitative estimate of drug-likeness (QED) is 0.793. The van der Waals surface area contributed by atoms with Gasteiger partial charge in [0.15, 0.2) is 0 Å². The van der Waals surface area contributed by atoms with Crippen molar-refractivity contribution in [1.29, 1.82) is 0 Å². The fraction of sp³-hybridized carbons (Fsp3) is 0.917. The summed E-state index contributed by atoms with van der Waals surface area (Å²) in [6.07, 6.45) is 3.72. The molecule has 0 spiro atoms. The van der Waals surface area contributed by atoms with E-state index in [0.29, 0.717) is 5.91 Å². The summed E-state index contributed by atoms with van der Waals surface area (Å²) in [6, 6.07) is 0.0127. The van der Waals surface area contributed by atoms with Gasteiger partial charge in [0, 0.05) is 13.1 Å². The Morgan fingerprint density at radius 1 is 1.50 bits per heavy atom. The van der Waals surface area contributed by atoms with E-state index in [0.717, 1.165) is 32.0 Å². The maximum Gasteiger partial charge on any atom is 0.239 e. The smallest absolute Gasteiger partial charge is 0.239 e. The molecule has 3 nitrogen and oxygen atoms in total.